The zero-order valence-electron chi connectivity index (χ0n) is 13.6. The van der Waals surface area contributed by atoms with Gasteiger partial charge in [0.05, 0.1) is 0 Å². The van der Waals surface area contributed by atoms with E-state index in [2.05, 4.69) is 54.4 Å². The molecular weight excluding hydrogens is 256 g/mol. The summed E-state index contributed by atoms with van der Waals surface area (Å²) in [7, 11) is 0. The van der Waals surface area contributed by atoms with E-state index in [-0.39, 0.29) is 0 Å². The second kappa shape index (κ2) is 6.50. The van der Waals surface area contributed by atoms with Gasteiger partial charge in [-0.2, -0.15) is 0 Å². The highest BCUT2D eigenvalue weighted by Crippen LogP contribution is 2.42. The van der Waals surface area contributed by atoms with Crippen LogP contribution >= 0.6 is 0 Å². The van der Waals surface area contributed by atoms with Gasteiger partial charge in [-0.3, -0.25) is 4.90 Å². The molecule has 0 radical (unpaired) electrons. The normalized spacial score (nSPS) is 29.0. The number of benzene rings is 1. The molecule has 1 aromatic rings. The van der Waals surface area contributed by atoms with Crippen LogP contribution < -0.4 is 5.32 Å². The van der Waals surface area contributed by atoms with E-state index in [1.54, 1.807) is 0 Å². The minimum atomic E-state index is 0.553. The Hall–Kier alpha value is -0.860. The lowest BCUT2D eigenvalue weighted by Gasteiger charge is -2.48. The molecule has 0 amide bonds. The van der Waals surface area contributed by atoms with Gasteiger partial charge in [0.1, 0.15) is 0 Å². The summed E-state index contributed by atoms with van der Waals surface area (Å²) in [5.41, 5.74) is 2.05. The summed E-state index contributed by atoms with van der Waals surface area (Å²) in [6.07, 6.45) is 6.83. The van der Waals surface area contributed by atoms with Crippen LogP contribution in [-0.2, 0) is 0 Å². The smallest absolute Gasteiger partial charge is 0.0473 e. The van der Waals surface area contributed by atoms with Crippen molar-refractivity contribution in [1.82, 2.24) is 10.2 Å². The molecular formula is C19H30N2. The van der Waals surface area contributed by atoms with Crippen LogP contribution in [0.3, 0.4) is 0 Å². The van der Waals surface area contributed by atoms with Crippen LogP contribution in [0.1, 0.15) is 57.6 Å². The van der Waals surface area contributed by atoms with E-state index >= 15 is 0 Å². The zero-order chi connectivity index (χ0) is 14.7. The van der Waals surface area contributed by atoms with E-state index in [0.29, 0.717) is 17.5 Å². The van der Waals surface area contributed by atoms with Crippen LogP contribution in [0.25, 0.3) is 0 Å². The van der Waals surface area contributed by atoms with E-state index in [9.17, 15) is 0 Å². The average Bonchev–Trinajstić information content (AvgIpc) is 2.47. The quantitative estimate of drug-likeness (QED) is 0.880. The molecule has 2 nitrogen and oxygen atoms in total. The SMILES string of the molecule is CCCC1CN(CC2(C)CCC2)C(c2ccccc2)CN1. The van der Waals surface area contributed by atoms with Crippen LogP contribution in [-0.4, -0.2) is 30.6 Å². The number of hydrogen-bond acceptors (Lipinski definition) is 2. The summed E-state index contributed by atoms with van der Waals surface area (Å²) in [6.45, 7) is 8.36. The molecule has 2 heteroatoms. The zero-order valence-corrected chi connectivity index (χ0v) is 13.6. The lowest BCUT2D eigenvalue weighted by atomic mass is 9.70. The van der Waals surface area contributed by atoms with Crippen molar-refractivity contribution in [1.29, 1.82) is 0 Å². The third kappa shape index (κ3) is 3.49. The maximum absolute atomic E-state index is 3.78. The predicted molar refractivity (Wildman–Crippen MR) is 89.4 cm³/mol. The van der Waals surface area contributed by atoms with Crippen molar-refractivity contribution >= 4 is 0 Å². The Kier molecular flexibility index (Phi) is 4.66. The minimum absolute atomic E-state index is 0.553. The molecule has 0 bridgehead atoms. The maximum atomic E-state index is 3.78. The van der Waals surface area contributed by atoms with Crippen molar-refractivity contribution in [3.05, 3.63) is 35.9 Å². The number of nitrogens with zero attached hydrogens (tertiary/aromatic N) is 1. The summed E-state index contributed by atoms with van der Waals surface area (Å²) >= 11 is 0. The third-order valence-corrected chi connectivity index (χ3v) is 5.46. The van der Waals surface area contributed by atoms with Gasteiger partial charge in [-0.25, -0.2) is 0 Å². The highest BCUT2D eigenvalue weighted by atomic mass is 15.2. The lowest BCUT2D eigenvalue weighted by Crippen LogP contribution is -2.55. The average molecular weight is 286 g/mol. The molecule has 2 aliphatic rings. The molecule has 0 spiro atoms. The van der Waals surface area contributed by atoms with Crippen molar-refractivity contribution in [2.24, 2.45) is 5.41 Å². The number of nitrogens with one attached hydrogen (secondary N) is 1. The predicted octanol–water partition coefficient (Wildman–Crippen LogP) is 3.99. The Labute approximate surface area is 129 Å². The second-order valence-corrected chi connectivity index (χ2v) is 7.41. The molecule has 2 atom stereocenters. The van der Waals surface area contributed by atoms with Crippen molar-refractivity contribution in [2.75, 3.05) is 19.6 Å². The van der Waals surface area contributed by atoms with Crippen LogP contribution in [0.4, 0.5) is 0 Å². The van der Waals surface area contributed by atoms with E-state index < -0.39 is 0 Å². The lowest BCUT2D eigenvalue weighted by molar-refractivity contribution is 0.0341. The highest BCUT2D eigenvalue weighted by Gasteiger charge is 2.37. The standard InChI is InChI=1S/C19H30N2/c1-3-8-17-14-21(15-19(2)11-7-12-19)18(13-20-17)16-9-5-4-6-10-16/h4-6,9-10,17-18,20H,3,7-8,11-15H2,1-2H3. The third-order valence-electron chi connectivity index (χ3n) is 5.46. The van der Waals surface area contributed by atoms with Crippen LogP contribution in [0.5, 0.6) is 0 Å². The fraction of sp³-hybridized carbons (Fsp3) is 0.684. The van der Waals surface area contributed by atoms with Gasteiger partial charge >= 0.3 is 0 Å². The molecule has 1 heterocycles. The maximum Gasteiger partial charge on any atom is 0.0473 e. The van der Waals surface area contributed by atoms with Crippen molar-refractivity contribution in [2.45, 2.75) is 58.0 Å². The largest absolute Gasteiger partial charge is 0.311 e. The van der Waals surface area contributed by atoms with Gasteiger partial charge in [0.15, 0.2) is 0 Å². The summed E-state index contributed by atoms with van der Waals surface area (Å²) in [6, 6.07) is 12.3. The van der Waals surface area contributed by atoms with Gasteiger partial charge < -0.3 is 5.32 Å². The topological polar surface area (TPSA) is 15.3 Å². The molecule has 1 N–H and O–H groups in total. The fourth-order valence-electron chi connectivity index (χ4n) is 4.03. The molecule has 21 heavy (non-hydrogen) atoms. The molecule has 3 rings (SSSR count). The molecule has 2 unspecified atom stereocenters. The van der Waals surface area contributed by atoms with Gasteiger partial charge in [-0.05, 0) is 30.2 Å². The number of piperazine rings is 1. The minimum Gasteiger partial charge on any atom is -0.311 e. The van der Waals surface area contributed by atoms with Crippen LogP contribution in [0.2, 0.25) is 0 Å². The van der Waals surface area contributed by atoms with Crippen LogP contribution in [0, 0.1) is 5.41 Å². The first-order chi connectivity index (χ1) is 10.2. The van der Waals surface area contributed by atoms with Gasteiger partial charge in [-0.15, -0.1) is 0 Å². The van der Waals surface area contributed by atoms with Gasteiger partial charge in [0.2, 0.25) is 0 Å². The van der Waals surface area contributed by atoms with Gasteiger partial charge in [-0.1, -0.05) is 57.0 Å². The molecule has 1 aromatic carbocycles. The molecule has 116 valence electrons. The Bertz CT molecular complexity index is 438. The second-order valence-electron chi connectivity index (χ2n) is 7.41. The first-order valence-corrected chi connectivity index (χ1v) is 8.72. The number of hydrogen-bond donors (Lipinski definition) is 1. The first kappa shape index (κ1) is 15.1. The van der Waals surface area contributed by atoms with E-state index in [1.807, 2.05) is 0 Å². The molecule has 1 aliphatic heterocycles. The Balaban J connectivity index is 1.73. The summed E-state index contributed by atoms with van der Waals surface area (Å²) in [4.78, 5) is 2.77. The first-order valence-electron chi connectivity index (χ1n) is 8.72. The van der Waals surface area contributed by atoms with E-state index in [1.165, 1.54) is 50.8 Å². The summed E-state index contributed by atoms with van der Waals surface area (Å²) in [5.74, 6) is 0. The monoisotopic (exact) mass is 286 g/mol. The van der Waals surface area contributed by atoms with E-state index in [4.69, 9.17) is 0 Å². The molecule has 1 saturated carbocycles. The van der Waals surface area contributed by atoms with Crippen molar-refractivity contribution < 1.29 is 0 Å². The highest BCUT2D eigenvalue weighted by molar-refractivity contribution is 5.20. The van der Waals surface area contributed by atoms with Gasteiger partial charge in [0, 0.05) is 31.7 Å². The Morgan fingerprint density at radius 2 is 2.00 bits per heavy atom. The number of rotatable bonds is 5. The van der Waals surface area contributed by atoms with Gasteiger partial charge in [0.25, 0.3) is 0 Å². The van der Waals surface area contributed by atoms with Crippen molar-refractivity contribution in [3.63, 3.8) is 0 Å². The Morgan fingerprint density at radius 1 is 1.24 bits per heavy atom. The Morgan fingerprint density at radius 3 is 2.62 bits per heavy atom. The summed E-state index contributed by atoms with van der Waals surface area (Å²) in [5, 5.41) is 3.78. The van der Waals surface area contributed by atoms with Crippen LogP contribution in [0.15, 0.2) is 30.3 Å². The summed E-state index contributed by atoms with van der Waals surface area (Å²) < 4.78 is 0. The van der Waals surface area contributed by atoms with Crippen molar-refractivity contribution in [3.8, 4) is 0 Å². The van der Waals surface area contributed by atoms with E-state index in [0.717, 1.165) is 6.54 Å². The molecule has 0 aromatic heterocycles. The molecule has 1 aliphatic carbocycles. The molecule has 1 saturated heterocycles. The fourth-order valence-corrected chi connectivity index (χ4v) is 4.03. The molecule has 2 fully saturated rings.